The number of ketones is 1. The Kier molecular flexibility index (Phi) is 4.73. The predicted molar refractivity (Wildman–Crippen MR) is 128 cm³/mol. The average Bonchev–Trinajstić information content (AvgIpc) is 3.36. The van der Waals surface area contributed by atoms with Gasteiger partial charge in [0.05, 0.1) is 23.9 Å². The Labute approximate surface area is 198 Å². The number of likely N-dealkylation sites (tertiary alicyclic amines) is 1. The summed E-state index contributed by atoms with van der Waals surface area (Å²) >= 11 is 0. The highest BCUT2D eigenvalue weighted by molar-refractivity contribution is 6.12. The monoisotopic (exact) mass is 448 g/mol. The standard InChI is InChI=1S/C29H24N2O3/c1-18(19-10-4-2-5-11-19)31-28(33)23-24(29(31)34)26(27(32)21-13-6-3-7-14-21)30-17-16-20-12-8-9-15-22(20)25(23)30/h2-18,23-26H,1H3/t18-,23-,24-,25-,26+/m1/s1. The van der Waals surface area contributed by atoms with Crippen LogP contribution in [0.2, 0.25) is 0 Å². The van der Waals surface area contributed by atoms with E-state index in [-0.39, 0.29) is 23.6 Å². The lowest BCUT2D eigenvalue weighted by atomic mass is 9.83. The maximum absolute atomic E-state index is 13.9. The van der Waals surface area contributed by atoms with Gasteiger partial charge in [-0.2, -0.15) is 0 Å². The largest absolute Gasteiger partial charge is 0.358 e. The van der Waals surface area contributed by atoms with Gasteiger partial charge in [-0.25, -0.2) is 0 Å². The van der Waals surface area contributed by atoms with Gasteiger partial charge >= 0.3 is 0 Å². The molecule has 3 aliphatic rings. The molecule has 5 heteroatoms. The molecule has 0 radical (unpaired) electrons. The number of benzene rings is 3. The SMILES string of the molecule is C[C@H](c1ccccc1)N1C(=O)[C@@H]2[C@@H](C1=O)[C@H]1c3ccccc3C=CN1[C@@H]2C(=O)c1ccccc1. The van der Waals surface area contributed by atoms with E-state index in [0.29, 0.717) is 5.56 Å². The molecule has 0 spiro atoms. The van der Waals surface area contributed by atoms with Crippen LogP contribution in [0.3, 0.4) is 0 Å². The summed E-state index contributed by atoms with van der Waals surface area (Å²) in [6.45, 7) is 1.88. The summed E-state index contributed by atoms with van der Waals surface area (Å²) in [6.07, 6.45) is 3.86. The summed E-state index contributed by atoms with van der Waals surface area (Å²) < 4.78 is 0. The molecule has 3 aromatic carbocycles. The molecule has 0 saturated carbocycles. The molecular weight excluding hydrogens is 424 g/mol. The van der Waals surface area contributed by atoms with Gasteiger partial charge in [0.2, 0.25) is 11.8 Å². The Hall–Kier alpha value is -3.99. The highest BCUT2D eigenvalue weighted by atomic mass is 16.2. The first-order valence-corrected chi connectivity index (χ1v) is 11.6. The Bertz CT molecular complexity index is 1320. The van der Waals surface area contributed by atoms with Crippen molar-refractivity contribution < 1.29 is 14.4 Å². The molecule has 34 heavy (non-hydrogen) atoms. The van der Waals surface area contributed by atoms with Gasteiger partial charge in [-0.05, 0) is 29.7 Å². The zero-order chi connectivity index (χ0) is 23.4. The van der Waals surface area contributed by atoms with Crippen LogP contribution in [0.1, 0.15) is 46.1 Å². The van der Waals surface area contributed by atoms with Crippen molar-refractivity contribution in [3.8, 4) is 0 Å². The first kappa shape index (κ1) is 20.6. The van der Waals surface area contributed by atoms with E-state index in [2.05, 4.69) is 0 Å². The molecule has 6 rings (SSSR count). The fourth-order valence-electron chi connectivity index (χ4n) is 5.92. The van der Waals surface area contributed by atoms with Crippen LogP contribution in [0.25, 0.3) is 6.08 Å². The van der Waals surface area contributed by atoms with Crippen LogP contribution in [0.15, 0.2) is 91.1 Å². The van der Waals surface area contributed by atoms with E-state index in [4.69, 9.17) is 0 Å². The number of nitrogens with zero attached hydrogens (tertiary/aromatic N) is 2. The van der Waals surface area contributed by atoms with Crippen LogP contribution >= 0.6 is 0 Å². The number of rotatable bonds is 4. The van der Waals surface area contributed by atoms with Crippen LogP contribution in [0, 0.1) is 11.8 Å². The number of hydrogen-bond acceptors (Lipinski definition) is 4. The Morgan fingerprint density at radius 1 is 0.794 bits per heavy atom. The number of imide groups is 1. The predicted octanol–water partition coefficient (Wildman–Crippen LogP) is 4.64. The van der Waals surface area contributed by atoms with Gasteiger partial charge in [0.15, 0.2) is 5.78 Å². The third-order valence-corrected chi connectivity index (χ3v) is 7.49. The Balaban J connectivity index is 1.48. The zero-order valence-electron chi connectivity index (χ0n) is 18.7. The second-order valence-electron chi connectivity index (χ2n) is 9.20. The fraction of sp³-hybridized carbons (Fsp3) is 0.207. The number of carbonyl (C=O) groups excluding carboxylic acids is 3. The van der Waals surface area contributed by atoms with E-state index in [0.717, 1.165) is 16.7 Å². The molecule has 2 saturated heterocycles. The van der Waals surface area contributed by atoms with Gasteiger partial charge < -0.3 is 4.90 Å². The first-order chi connectivity index (χ1) is 16.6. The molecule has 2 fully saturated rings. The normalized spacial score (nSPS) is 25.7. The number of carbonyl (C=O) groups is 3. The highest BCUT2D eigenvalue weighted by Gasteiger charge is 2.64. The molecule has 3 heterocycles. The highest BCUT2D eigenvalue weighted by Crippen LogP contribution is 2.54. The van der Waals surface area contributed by atoms with Gasteiger partial charge in [-0.1, -0.05) is 84.9 Å². The van der Waals surface area contributed by atoms with Crippen molar-refractivity contribution in [1.29, 1.82) is 0 Å². The molecule has 0 N–H and O–H groups in total. The summed E-state index contributed by atoms with van der Waals surface area (Å²) in [6, 6.07) is 25.1. The van der Waals surface area contributed by atoms with Crippen molar-refractivity contribution in [3.05, 3.63) is 113 Å². The van der Waals surface area contributed by atoms with Crippen molar-refractivity contribution in [1.82, 2.24) is 9.80 Å². The maximum atomic E-state index is 13.9. The molecule has 168 valence electrons. The third kappa shape index (κ3) is 2.90. The minimum absolute atomic E-state index is 0.127. The second kappa shape index (κ2) is 7.80. The van der Waals surface area contributed by atoms with Crippen molar-refractivity contribution in [2.75, 3.05) is 0 Å². The van der Waals surface area contributed by atoms with E-state index < -0.39 is 23.9 Å². The molecule has 3 aliphatic heterocycles. The topological polar surface area (TPSA) is 57.7 Å². The summed E-state index contributed by atoms with van der Waals surface area (Å²) in [5.41, 5.74) is 3.45. The zero-order valence-corrected chi connectivity index (χ0v) is 18.7. The molecule has 3 aromatic rings. The lowest BCUT2D eigenvalue weighted by molar-refractivity contribution is -0.143. The smallest absolute Gasteiger partial charge is 0.236 e. The van der Waals surface area contributed by atoms with E-state index in [9.17, 15) is 14.4 Å². The van der Waals surface area contributed by atoms with Crippen LogP contribution in [0.4, 0.5) is 0 Å². The lowest BCUT2D eigenvalue weighted by Gasteiger charge is -2.36. The molecule has 0 aromatic heterocycles. The second-order valence-corrected chi connectivity index (χ2v) is 9.20. The third-order valence-electron chi connectivity index (χ3n) is 7.49. The summed E-state index contributed by atoms with van der Waals surface area (Å²) in [7, 11) is 0. The average molecular weight is 449 g/mol. The lowest BCUT2D eigenvalue weighted by Crippen LogP contribution is -2.44. The number of Topliss-reactive ketones (excluding diaryl/α,β-unsaturated/α-hetero) is 1. The quantitative estimate of drug-likeness (QED) is 0.431. The number of fused-ring (bicyclic) bond motifs is 5. The molecule has 5 nitrogen and oxygen atoms in total. The van der Waals surface area contributed by atoms with Gasteiger partial charge in [0.25, 0.3) is 0 Å². The van der Waals surface area contributed by atoms with Gasteiger partial charge in [-0.15, -0.1) is 0 Å². The van der Waals surface area contributed by atoms with Crippen LogP contribution in [-0.4, -0.2) is 33.4 Å². The van der Waals surface area contributed by atoms with E-state index >= 15 is 0 Å². The van der Waals surface area contributed by atoms with Crippen LogP contribution in [-0.2, 0) is 9.59 Å². The van der Waals surface area contributed by atoms with E-state index in [1.54, 1.807) is 12.1 Å². The van der Waals surface area contributed by atoms with Gasteiger partial charge in [-0.3, -0.25) is 19.3 Å². The fourth-order valence-corrected chi connectivity index (χ4v) is 5.92. The molecule has 5 atom stereocenters. The molecule has 0 bridgehead atoms. The minimum Gasteiger partial charge on any atom is -0.358 e. The number of hydrogen-bond donors (Lipinski definition) is 0. The first-order valence-electron chi connectivity index (χ1n) is 11.6. The van der Waals surface area contributed by atoms with Crippen LogP contribution < -0.4 is 0 Å². The number of amides is 2. The molecule has 2 amide bonds. The van der Waals surface area contributed by atoms with Gasteiger partial charge in [0, 0.05) is 11.8 Å². The molecule has 0 unspecified atom stereocenters. The Morgan fingerprint density at radius 2 is 1.41 bits per heavy atom. The molecule has 0 aliphatic carbocycles. The summed E-state index contributed by atoms with van der Waals surface area (Å²) in [5, 5.41) is 0. The van der Waals surface area contributed by atoms with Crippen molar-refractivity contribution >= 4 is 23.7 Å². The van der Waals surface area contributed by atoms with Crippen LogP contribution in [0.5, 0.6) is 0 Å². The minimum atomic E-state index is -0.730. The van der Waals surface area contributed by atoms with Gasteiger partial charge in [0.1, 0.15) is 6.04 Å². The van der Waals surface area contributed by atoms with E-state index in [1.165, 1.54) is 4.90 Å². The van der Waals surface area contributed by atoms with E-state index in [1.807, 2.05) is 96.9 Å². The maximum Gasteiger partial charge on any atom is 0.236 e. The summed E-state index contributed by atoms with van der Waals surface area (Å²) in [5.74, 6) is -1.93. The van der Waals surface area contributed by atoms with Crippen molar-refractivity contribution in [2.24, 2.45) is 11.8 Å². The van der Waals surface area contributed by atoms with Crippen molar-refractivity contribution in [3.63, 3.8) is 0 Å². The Morgan fingerprint density at radius 3 is 2.15 bits per heavy atom. The molecular formula is C29H24N2O3. The van der Waals surface area contributed by atoms with Crippen molar-refractivity contribution in [2.45, 2.75) is 25.0 Å². The summed E-state index contributed by atoms with van der Waals surface area (Å²) in [4.78, 5) is 45.0.